The predicted molar refractivity (Wildman–Crippen MR) is 185 cm³/mol. The fourth-order valence-electron chi connectivity index (χ4n) is 13.1. The van der Waals surface area contributed by atoms with Crippen LogP contribution in [0.3, 0.4) is 0 Å². The van der Waals surface area contributed by atoms with Gasteiger partial charge in [-0.25, -0.2) is 0 Å². The second-order valence-corrected chi connectivity index (χ2v) is 18.2. The molecule has 0 spiro atoms. The largest absolute Gasteiger partial charge is 0.462 e. The van der Waals surface area contributed by atoms with Crippen molar-refractivity contribution < 1.29 is 24.2 Å². The van der Waals surface area contributed by atoms with Gasteiger partial charge in [0.2, 0.25) is 5.91 Å². The summed E-state index contributed by atoms with van der Waals surface area (Å²) in [6.45, 7) is 24.4. The summed E-state index contributed by atoms with van der Waals surface area (Å²) < 4.78 is 11.5. The van der Waals surface area contributed by atoms with Crippen molar-refractivity contribution in [1.82, 2.24) is 9.80 Å². The Kier molecular flexibility index (Phi) is 9.57. The first-order valence-electron chi connectivity index (χ1n) is 19.2. The van der Waals surface area contributed by atoms with Crippen LogP contribution in [0.4, 0.5) is 0 Å². The number of fused-ring (bicyclic) bond motifs is 7. The van der Waals surface area contributed by atoms with E-state index in [0.717, 1.165) is 77.7 Å². The Bertz CT molecular complexity index is 1220. The maximum Gasteiger partial charge on any atom is 0.302 e. The number of hydrogen-bond donors (Lipinski definition) is 1. The molecule has 0 radical (unpaired) electrons. The van der Waals surface area contributed by atoms with E-state index in [-0.39, 0.29) is 45.8 Å². The van der Waals surface area contributed by atoms with E-state index in [2.05, 4.69) is 64.3 Å². The molecule has 7 heteroatoms. The van der Waals surface area contributed by atoms with E-state index in [9.17, 15) is 9.59 Å². The lowest BCUT2D eigenvalue weighted by atomic mass is 9.33. The number of allylic oxidation sites excluding steroid dienone is 2. The van der Waals surface area contributed by atoms with E-state index in [0.29, 0.717) is 48.7 Å². The quantitative estimate of drug-likeness (QED) is 0.186. The number of carbonyl (C=O) groups excluding carboxylic acids is 2. The van der Waals surface area contributed by atoms with E-state index in [4.69, 9.17) is 14.6 Å². The first-order chi connectivity index (χ1) is 22.2. The second-order valence-electron chi connectivity index (χ2n) is 18.2. The molecule has 0 aromatic rings. The first kappa shape index (κ1) is 35.4. The van der Waals surface area contributed by atoms with Crippen molar-refractivity contribution >= 4 is 11.9 Å². The number of esters is 1. The number of piperazine rings is 1. The number of rotatable bonds is 7. The molecule has 10 atom stereocenters. The van der Waals surface area contributed by atoms with Crippen molar-refractivity contribution in [2.24, 2.45) is 56.7 Å². The fraction of sp³-hybridized carbons (Fsp3) is 0.900. The zero-order valence-electron chi connectivity index (χ0n) is 31.0. The number of nitrogens with zero attached hydrogens (tertiary/aromatic N) is 2. The minimum atomic E-state index is -0.280. The fourth-order valence-corrected chi connectivity index (χ4v) is 13.1. The van der Waals surface area contributed by atoms with Gasteiger partial charge in [0, 0.05) is 45.1 Å². The number of aliphatic hydroxyl groups excluding tert-OH is 1. The molecule has 0 aromatic heterocycles. The van der Waals surface area contributed by atoms with Gasteiger partial charge in [-0.2, -0.15) is 0 Å². The number of carbonyl (C=O) groups is 2. The smallest absolute Gasteiger partial charge is 0.302 e. The van der Waals surface area contributed by atoms with Crippen LogP contribution in [0.25, 0.3) is 0 Å². The average molecular weight is 655 g/mol. The van der Waals surface area contributed by atoms with E-state index < -0.39 is 0 Å². The Labute approximate surface area is 285 Å². The maximum absolute atomic E-state index is 14.9. The number of hydrogen-bond acceptors (Lipinski definition) is 6. The molecule has 4 saturated carbocycles. The third-order valence-corrected chi connectivity index (χ3v) is 16.1. The van der Waals surface area contributed by atoms with Gasteiger partial charge >= 0.3 is 5.97 Å². The summed E-state index contributed by atoms with van der Waals surface area (Å²) in [5.74, 6) is 2.85. The van der Waals surface area contributed by atoms with Gasteiger partial charge in [0.25, 0.3) is 0 Å². The van der Waals surface area contributed by atoms with E-state index >= 15 is 0 Å². The summed E-state index contributed by atoms with van der Waals surface area (Å²) in [6.07, 6.45) is 12.6. The predicted octanol–water partition coefficient (Wildman–Crippen LogP) is 6.73. The lowest BCUT2D eigenvalue weighted by molar-refractivity contribution is -0.213. The van der Waals surface area contributed by atoms with E-state index in [1.54, 1.807) is 12.5 Å². The van der Waals surface area contributed by atoms with Crippen LogP contribution in [0.15, 0.2) is 11.6 Å². The molecule has 0 aromatic carbocycles. The monoisotopic (exact) mass is 654 g/mol. The standard InChI is InChI=1S/C40H66N2O5/c1-27-11-16-40(35(45)42-21-19-41(20-22-42)23-25-46-26-24-43)18-17-38(7)30(34(40)28(27)2)9-10-32-37(6)14-13-33(47-29(3)44)36(4,5)31(37)12-15-39(32,38)8/h9,27-28,31-34,43H,10-26H2,1-8H3/t27-,28+,31+,32-,33+,34+,37+,38-,39-,40+/m1/s1. The van der Waals surface area contributed by atoms with Crippen molar-refractivity contribution in [1.29, 1.82) is 0 Å². The van der Waals surface area contributed by atoms with Crippen LogP contribution in [-0.4, -0.2) is 85.4 Å². The van der Waals surface area contributed by atoms with Crippen molar-refractivity contribution in [3.8, 4) is 0 Å². The highest BCUT2D eigenvalue weighted by Crippen LogP contribution is 2.76. The molecule has 47 heavy (non-hydrogen) atoms. The molecule has 5 aliphatic carbocycles. The lowest BCUT2D eigenvalue weighted by Gasteiger charge is -2.71. The van der Waals surface area contributed by atoms with Crippen molar-refractivity contribution in [2.45, 2.75) is 119 Å². The Balaban J connectivity index is 1.28. The molecule has 266 valence electrons. The average Bonchev–Trinajstić information content (AvgIpc) is 3.02. The van der Waals surface area contributed by atoms with Crippen LogP contribution in [0.1, 0.15) is 113 Å². The summed E-state index contributed by atoms with van der Waals surface area (Å²) in [5.41, 5.74) is 1.81. The summed E-state index contributed by atoms with van der Waals surface area (Å²) in [5, 5.41) is 9.02. The van der Waals surface area contributed by atoms with Crippen LogP contribution < -0.4 is 0 Å². The molecule has 1 heterocycles. The minimum Gasteiger partial charge on any atom is -0.462 e. The Morgan fingerprint density at radius 2 is 1.62 bits per heavy atom. The van der Waals surface area contributed by atoms with Gasteiger partial charge in [-0.15, -0.1) is 0 Å². The number of ether oxygens (including phenoxy) is 2. The zero-order valence-corrected chi connectivity index (χ0v) is 31.0. The van der Waals surface area contributed by atoms with Gasteiger partial charge in [0.15, 0.2) is 0 Å². The summed E-state index contributed by atoms with van der Waals surface area (Å²) in [7, 11) is 0. The van der Waals surface area contributed by atoms with Crippen LogP contribution in [0, 0.1) is 56.7 Å². The molecule has 1 amide bonds. The van der Waals surface area contributed by atoms with Crippen molar-refractivity contribution in [3.05, 3.63) is 11.6 Å². The number of aliphatic hydroxyl groups is 1. The minimum absolute atomic E-state index is 0.0000544. The SMILES string of the molecule is CC(=O)O[C@H]1CC[C@]2(C)[C@H]3CC=C4[C@@H]5[C@@H](C)[C@H](C)CC[C@]5(C(=O)N5CCN(CCOCCO)CC5)CC[C@@]4(C)[C@]3(C)CC[C@H]2C1(C)C. The second kappa shape index (κ2) is 12.7. The third-order valence-electron chi connectivity index (χ3n) is 16.1. The van der Waals surface area contributed by atoms with Crippen LogP contribution in [-0.2, 0) is 19.1 Å². The van der Waals surface area contributed by atoms with Crippen LogP contribution >= 0.6 is 0 Å². The van der Waals surface area contributed by atoms with Crippen molar-refractivity contribution in [2.75, 3.05) is 52.5 Å². The summed E-state index contributed by atoms with van der Waals surface area (Å²) >= 11 is 0. The van der Waals surface area contributed by atoms with Crippen LogP contribution in [0.5, 0.6) is 0 Å². The molecule has 1 N–H and O–H groups in total. The number of amides is 1. The van der Waals surface area contributed by atoms with Gasteiger partial charge in [-0.1, -0.05) is 60.1 Å². The highest BCUT2D eigenvalue weighted by atomic mass is 16.5. The Hall–Kier alpha value is -1.44. The van der Waals surface area contributed by atoms with Gasteiger partial charge in [-0.3, -0.25) is 14.5 Å². The molecular weight excluding hydrogens is 588 g/mol. The molecule has 0 bridgehead atoms. The molecule has 7 nitrogen and oxygen atoms in total. The first-order valence-corrected chi connectivity index (χ1v) is 19.2. The van der Waals surface area contributed by atoms with Gasteiger partial charge in [0.1, 0.15) is 6.10 Å². The molecule has 6 rings (SSSR count). The van der Waals surface area contributed by atoms with Gasteiger partial charge in [0.05, 0.1) is 25.2 Å². The van der Waals surface area contributed by atoms with E-state index in [1.165, 1.54) is 12.8 Å². The highest BCUT2D eigenvalue weighted by Gasteiger charge is 2.70. The topological polar surface area (TPSA) is 79.3 Å². The molecule has 0 unspecified atom stereocenters. The molecule has 1 aliphatic heterocycles. The maximum atomic E-state index is 14.9. The van der Waals surface area contributed by atoms with E-state index in [1.807, 2.05) is 0 Å². The summed E-state index contributed by atoms with van der Waals surface area (Å²) in [6, 6.07) is 0. The third kappa shape index (κ3) is 5.46. The highest BCUT2D eigenvalue weighted by molar-refractivity contribution is 5.84. The van der Waals surface area contributed by atoms with Crippen molar-refractivity contribution in [3.63, 3.8) is 0 Å². The Morgan fingerprint density at radius 3 is 2.30 bits per heavy atom. The lowest BCUT2D eigenvalue weighted by Crippen LogP contribution is -2.66. The molecule has 5 fully saturated rings. The molecule has 1 saturated heterocycles. The Morgan fingerprint density at radius 1 is 0.894 bits per heavy atom. The van der Waals surface area contributed by atoms with Gasteiger partial charge in [-0.05, 0) is 104 Å². The molecule has 6 aliphatic rings. The van der Waals surface area contributed by atoms with Gasteiger partial charge < -0.3 is 19.5 Å². The zero-order chi connectivity index (χ0) is 34.0. The summed E-state index contributed by atoms with van der Waals surface area (Å²) in [4.78, 5) is 31.6. The normalized spacial score (nSPS) is 44.7. The molecular formula is C40H66N2O5. The van der Waals surface area contributed by atoms with Crippen LogP contribution in [0.2, 0.25) is 0 Å².